The average Bonchev–Trinajstić information content (AvgIpc) is 2.81. The Labute approximate surface area is 196 Å². The number of rotatable bonds is 6. The van der Waals surface area contributed by atoms with Gasteiger partial charge in [0.1, 0.15) is 5.78 Å². The van der Waals surface area contributed by atoms with Gasteiger partial charge in [0.05, 0.1) is 6.04 Å². The van der Waals surface area contributed by atoms with Crippen LogP contribution in [0.15, 0.2) is 24.3 Å². The van der Waals surface area contributed by atoms with Crippen molar-refractivity contribution >= 4 is 23.3 Å². The standard InChI is InChI=1S/C25H37ClN4O2/c26-20-8-6-18(7-9-20)16-23(27)25(32)28-29-13-10-21(11-14-29)30-15-12-22(31)17-24(30)19-4-2-1-3-5-19/h6-9,19,21,23-24H,1-5,10-17,27H2,(H,28,32)/t23-,24-/m1/s1. The summed E-state index contributed by atoms with van der Waals surface area (Å²) in [6.45, 7) is 2.56. The Kier molecular flexibility index (Phi) is 8.22. The number of likely N-dealkylation sites (tertiary alicyclic amines) is 1. The summed E-state index contributed by atoms with van der Waals surface area (Å²) in [6.07, 6.45) is 10.5. The zero-order valence-corrected chi connectivity index (χ0v) is 19.7. The maximum atomic E-state index is 12.6. The molecular formula is C25H37ClN4O2. The van der Waals surface area contributed by atoms with Gasteiger partial charge in [0.15, 0.2) is 0 Å². The smallest absolute Gasteiger partial charge is 0.251 e. The van der Waals surface area contributed by atoms with E-state index in [1.165, 1.54) is 32.1 Å². The molecule has 2 saturated heterocycles. The van der Waals surface area contributed by atoms with Gasteiger partial charge < -0.3 is 5.73 Å². The van der Waals surface area contributed by atoms with E-state index in [9.17, 15) is 9.59 Å². The molecule has 2 atom stereocenters. The minimum absolute atomic E-state index is 0.137. The third-order valence-electron chi connectivity index (χ3n) is 7.61. The van der Waals surface area contributed by atoms with Gasteiger partial charge in [0.25, 0.3) is 5.91 Å². The molecule has 0 spiro atoms. The van der Waals surface area contributed by atoms with E-state index < -0.39 is 6.04 Å². The highest BCUT2D eigenvalue weighted by molar-refractivity contribution is 6.30. The Balaban J connectivity index is 1.26. The lowest BCUT2D eigenvalue weighted by atomic mass is 9.78. The fourth-order valence-electron chi connectivity index (χ4n) is 5.80. The van der Waals surface area contributed by atoms with Gasteiger partial charge in [0.2, 0.25) is 0 Å². The fourth-order valence-corrected chi connectivity index (χ4v) is 5.92. The van der Waals surface area contributed by atoms with Crippen LogP contribution in [0.25, 0.3) is 0 Å². The Morgan fingerprint density at radius 1 is 1.06 bits per heavy atom. The van der Waals surface area contributed by atoms with Gasteiger partial charge in [0, 0.05) is 49.6 Å². The van der Waals surface area contributed by atoms with Crippen molar-refractivity contribution in [2.75, 3.05) is 19.6 Å². The summed E-state index contributed by atoms with van der Waals surface area (Å²) in [5.41, 5.74) is 10.2. The highest BCUT2D eigenvalue weighted by Crippen LogP contribution is 2.35. The highest BCUT2D eigenvalue weighted by atomic mass is 35.5. The molecule has 3 N–H and O–H groups in total. The van der Waals surface area contributed by atoms with Gasteiger partial charge in [-0.05, 0) is 55.7 Å². The van der Waals surface area contributed by atoms with Crippen molar-refractivity contribution in [2.24, 2.45) is 11.7 Å². The van der Waals surface area contributed by atoms with Crippen LogP contribution in [-0.4, -0.2) is 59.4 Å². The summed E-state index contributed by atoms with van der Waals surface area (Å²) in [7, 11) is 0. The number of hydrogen-bond donors (Lipinski definition) is 2. The molecule has 0 bridgehead atoms. The predicted molar refractivity (Wildman–Crippen MR) is 127 cm³/mol. The van der Waals surface area contributed by atoms with E-state index in [4.69, 9.17) is 17.3 Å². The molecular weight excluding hydrogens is 424 g/mol. The van der Waals surface area contributed by atoms with Crippen LogP contribution in [0.5, 0.6) is 0 Å². The predicted octanol–water partition coefficient (Wildman–Crippen LogP) is 3.32. The number of ketones is 1. The molecule has 1 aromatic rings. The van der Waals surface area contributed by atoms with Crippen molar-refractivity contribution in [1.82, 2.24) is 15.3 Å². The average molecular weight is 461 g/mol. The van der Waals surface area contributed by atoms with E-state index in [0.29, 0.717) is 41.6 Å². The van der Waals surface area contributed by atoms with Crippen molar-refractivity contribution < 1.29 is 9.59 Å². The van der Waals surface area contributed by atoms with E-state index in [0.717, 1.165) is 44.5 Å². The number of benzene rings is 1. The van der Waals surface area contributed by atoms with E-state index >= 15 is 0 Å². The number of nitrogens with two attached hydrogens (primary N) is 1. The van der Waals surface area contributed by atoms with Gasteiger partial charge >= 0.3 is 0 Å². The van der Waals surface area contributed by atoms with Crippen molar-refractivity contribution in [3.63, 3.8) is 0 Å². The molecule has 2 heterocycles. The van der Waals surface area contributed by atoms with E-state index in [-0.39, 0.29) is 5.91 Å². The summed E-state index contributed by atoms with van der Waals surface area (Å²) in [5, 5.41) is 2.70. The van der Waals surface area contributed by atoms with Gasteiger partial charge in [-0.15, -0.1) is 0 Å². The van der Waals surface area contributed by atoms with Crippen molar-refractivity contribution in [1.29, 1.82) is 0 Å². The molecule has 6 nitrogen and oxygen atoms in total. The van der Waals surface area contributed by atoms with Gasteiger partial charge in [-0.25, -0.2) is 5.01 Å². The molecule has 1 saturated carbocycles. The molecule has 7 heteroatoms. The summed E-state index contributed by atoms with van der Waals surface area (Å²) < 4.78 is 0. The van der Waals surface area contributed by atoms with Crippen LogP contribution in [0.2, 0.25) is 5.02 Å². The lowest BCUT2D eigenvalue weighted by Gasteiger charge is -2.47. The minimum atomic E-state index is -0.585. The summed E-state index contributed by atoms with van der Waals surface area (Å²) in [4.78, 5) is 27.5. The lowest BCUT2D eigenvalue weighted by Crippen LogP contribution is -2.58. The molecule has 4 rings (SSSR count). The molecule has 1 aromatic carbocycles. The second-order valence-corrected chi connectivity index (χ2v) is 10.3. The van der Waals surface area contributed by atoms with Crippen LogP contribution in [0.3, 0.4) is 0 Å². The number of carbonyl (C=O) groups excluding carboxylic acids is 2. The Morgan fingerprint density at radius 3 is 2.44 bits per heavy atom. The van der Waals surface area contributed by atoms with Crippen LogP contribution >= 0.6 is 11.6 Å². The largest absolute Gasteiger partial charge is 0.320 e. The van der Waals surface area contributed by atoms with Crippen molar-refractivity contribution in [3.8, 4) is 0 Å². The first-order valence-corrected chi connectivity index (χ1v) is 12.7. The first kappa shape index (κ1) is 23.7. The Hall–Kier alpha value is -1.47. The van der Waals surface area contributed by atoms with E-state index in [1.807, 2.05) is 29.3 Å². The van der Waals surface area contributed by atoms with Crippen LogP contribution in [-0.2, 0) is 16.0 Å². The topological polar surface area (TPSA) is 78.7 Å². The van der Waals surface area contributed by atoms with Crippen molar-refractivity contribution in [2.45, 2.75) is 82.3 Å². The van der Waals surface area contributed by atoms with Gasteiger partial charge in [-0.1, -0.05) is 43.0 Å². The van der Waals surface area contributed by atoms with E-state index in [1.54, 1.807) is 0 Å². The SMILES string of the molecule is N[C@H](Cc1ccc(Cl)cc1)C(=O)NN1CCC(N2CCC(=O)C[C@@H]2C2CCCCC2)CC1. The molecule has 3 aliphatic rings. The maximum absolute atomic E-state index is 12.6. The number of hydrogen-bond acceptors (Lipinski definition) is 5. The third kappa shape index (κ3) is 6.10. The number of hydrazine groups is 1. The zero-order chi connectivity index (χ0) is 22.5. The van der Waals surface area contributed by atoms with Crippen molar-refractivity contribution in [3.05, 3.63) is 34.9 Å². The number of nitrogens with zero attached hydrogens (tertiary/aromatic N) is 2. The molecule has 0 aromatic heterocycles. The number of carbonyl (C=O) groups is 2. The second-order valence-electron chi connectivity index (χ2n) is 9.83. The molecule has 2 aliphatic heterocycles. The quantitative estimate of drug-likeness (QED) is 0.680. The number of halogens is 1. The Bertz CT molecular complexity index is 773. The number of nitrogens with one attached hydrogen (secondary N) is 1. The van der Waals surface area contributed by atoms with Crippen LogP contribution in [0.4, 0.5) is 0 Å². The molecule has 32 heavy (non-hydrogen) atoms. The Morgan fingerprint density at radius 2 is 1.75 bits per heavy atom. The summed E-state index contributed by atoms with van der Waals surface area (Å²) in [5.74, 6) is 0.981. The van der Waals surface area contributed by atoms with E-state index in [2.05, 4.69) is 10.3 Å². The lowest BCUT2D eigenvalue weighted by molar-refractivity contribution is -0.130. The number of piperidine rings is 2. The molecule has 0 radical (unpaired) electrons. The third-order valence-corrected chi connectivity index (χ3v) is 7.87. The van der Waals surface area contributed by atoms with Gasteiger partial charge in [-0.2, -0.15) is 0 Å². The second kappa shape index (κ2) is 11.1. The van der Waals surface area contributed by atoms with Crippen LogP contribution in [0, 0.1) is 5.92 Å². The number of amides is 1. The first-order valence-electron chi connectivity index (χ1n) is 12.3. The molecule has 0 unspecified atom stereocenters. The summed E-state index contributed by atoms with van der Waals surface area (Å²) in [6, 6.07) is 7.81. The summed E-state index contributed by atoms with van der Waals surface area (Å²) >= 11 is 5.93. The van der Waals surface area contributed by atoms with Crippen LogP contribution < -0.4 is 11.2 Å². The minimum Gasteiger partial charge on any atom is -0.320 e. The van der Waals surface area contributed by atoms with Gasteiger partial charge in [-0.3, -0.25) is 19.9 Å². The first-order chi connectivity index (χ1) is 15.5. The molecule has 1 amide bonds. The zero-order valence-electron chi connectivity index (χ0n) is 19.0. The molecule has 176 valence electrons. The highest BCUT2D eigenvalue weighted by Gasteiger charge is 2.38. The fraction of sp³-hybridized carbons (Fsp3) is 0.680. The monoisotopic (exact) mass is 460 g/mol. The molecule has 3 fully saturated rings. The normalized spacial score (nSPS) is 25.6. The van der Waals surface area contributed by atoms with Crippen LogP contribution in [0.1, 0.15) is 63.4 Å². The number of Topliss-reactive ketones (excluding diaryl/α,β-unsaturated/α-hetero) is 1. The molecule has 1 aliphatic carbocycles. The maximum Gasteiger partial charge on any atom is 0.251 e.